The first-order valence-electron chi connectivity index (χ1n) is 9.29. The van der Waals surface area contributed by atoms with Crippen molar-refractivity contribution in [3.05, 3.63) is 34.9 Å². The quantitative estimate of drug-likeness (QED) is 0.789. The molecule has 0 aliphatic carbocycles. The van der Waals surface area contributed by atoms with Gasteiger partial charge in [0.05, 0.1) is 17.4 Å². The molecule has 136 valence electrons. The summed E-state index contributed by atoms with van der Waals surface area (Å²) in [6.07, 6.45) is 0. The molecule has 2 aliphatic rings. The Bertz CT molecular complexity index is 702. The molecule has 1 aromatic rings. The van der Waals surface area contributed by atoms with Crippen LogP contribution in [0.1, 0.15) is 50.3 Å². The van der Waals surface area contributed by atoms with Gasteiger partial charge in [-0.05, 0) is 44.7 Å². The summed E-state index contributed by atoms with van der Waals surface area (Å²) >= 11 is 0. The van der Waals surface area contributed by atoms with Crippen molar-refractivity contribution in [2.24, 2.45) is 11.3 Å². The lowest BCUT2D eigenvalue weighted by Crippen LogP contribution is -2.71. The molecule has 2 heterocycles. The van der Waals surface area contributed by atoms with Crippen LogP contribution in [-0.2, 0) is 9.59 Å². The van der Waals surface area contributed by atoms with Gasteiger partial charge in [0.1, 0.15) is 0 Å². The second-order valence-corrected chi connectivity index (χ2v) is 8.80. The molecular weight excluding hydrogens is 312 g/mol. The predicted molar refractivity (Wildman–Crippen MR) is 99.4 cm³/mol. The molecule has 0 saturated carbocycles. The molecular formula is C21H30N2O2. The van der Waals surface area contributed by atoms with E-state index in [1.54, 1.807) is 0 Å². The standard InChI is InChI=1S/C21H30N2O2/c1-13(2)18(17-9-14(3)7-8-15(17)4)19(24)22-10-16(11-22)23-12-21(5,6)20(23)25/h7-9,13,16,18H,10-12H2,1-6H3. The summed E-state index contributed by atoms with van der Waals surface area (Å²) in [7, 11) is 0. The minimum absolute atomic E-state index is 0.107. The number of amides is 2. The van der Waals surface area contributed by atoms with Gasteiger partial charge in [0.15, 0.2) is 0 Å². The maximum absolute atomic E-state index is 13.1. The average molecular weight is 342 g/mol. The molecule has 2 saturated heterocycles. The van der Waals surface area contributed by atoms with Crippen molar-refractivity contribution in [1.82, 2.24) is 9.80 Å². The minimum Gasteiger partial charge on any atom is -0.338 e. The molecule has 3 rings (SSSR count). The summed E-state index contributed by atoms with van der Waals surface area (Å²) in [5.41, 5.74) is 3.29. The molecule has 0 bridgehead atoms. The Labute approximate surface area is 151 Å². The normalized spacial score (nSPS) is 21.2. The fourth-order valence-electron chi connectivity index (χ4n) is 4.06. The van der Waals surface area contributed by atoms with Gasteiger partial charge in [-0.15, -0.1) is 0 Å². The molecule has 0 spiro atoms. The van der Waals surface area contributed by atoms with E-state index in [4.69, 9.17) is 0 Å². The lowest BCUT2D eigenvalue weighted by molar-refractivity contribution is -0.170. The Hall–Kier alpha value is -1.84. The highest BCUT2D eigenvalue weighted by molar-refractivity contribution is 5.89. The Balaban J connectivity index is 1.70. The fraction of sp³-hybridized carbons (Fsp3) is 0.619. The van der Waals surface area contributed by atoms with Crippen LogP contribution in [0, 0.1) is 25.2 Å². The largest absolute Gasteiger partial charge is 0.338 e. The van der Waals surface area contributed by atoms with E-state index in [2.05, 4.69) is 45.9 Å². The zero-order valence-electron chi connectivity index (χ0n) is 16.3. The Morgan fingerprint density at radius 1 is 1.20 bits per heavy atom. The van der Waals surface area contributed by atoms with E-state index in [-0.39, 0.29) is 35.1 Å². The summed E-state index contributed by atoms with van der Waals surface area (Å²) in [5, 5.41) is 0. The molecule has 4 heteroatoms. The van der Waals surface area contributed by atoms with Crippen LogP contribution in [0.15, 0.2) is 18.2 Å². The second-order valence-electron chi connectivity index (χ2n) is 8.80. The van der Waals surface area contributed by atoms with E-state index in [1.807, 2.05) is 23.6 Å². The third kappa shape index (κ3) is 3.07. The molecule has 4 nitrogen and oxygen atoms in total. The third-order valence-electron chi connectivity index (χ3n) is 5.72. The molecule has 2 fully saturated rings. The summed E-state index contributed by atoms with van der Waals surface area (Å²) in [5.74, 6) is 0.563. The number of carbonyl (C=O) groups is 2. The van der Waals surface area contributed by atoms with Crippen LogP contribution in [-0.4, -0.2) is 47.3 Å². The van der Waals surface area contributed by atoms with Gasteiger partial charge in [0.2, 0.25) is 11.8 Å². The van der Waals surface area contributed by atoms with Crippen molar-refractivity contribution in [3.8, 4) is 0 Å². The lowest BCUT2D eigenvalue weighted by Gasteiger charge is -2.55. The summed E-state index contributed by atoms with van der Waals surface area (Å²) in [6.45, 7) is 14.5. The molecule has 1 unspecified atom stereocenters. The van der Waals surface area contributed by atoms with Gasteiger partial charge in [-0.25, -0.2) is 0 Å². The Morgan fingerprint density at radius 3 is 2.36 bits per heavy atom. The zero-order valence-corrected chi connectivity index (χ0v) is 16.3. The fourth-order valence-corrected chi connectivity index (χ4v) is 4.06. The number of nitrogens with zero attached hydrogens (tertiary/aromatic N) is 2. The minimum atomic E-state index is -0.219. The van der Waals surface area contributed by atoms with E-state index in [9.17, 15) is 9.59 Å². The monoisotopic (exact) mass is 342 g/mol. The Morgan fingerprint density at radius 2 is 1.84 bits per heavy atom. The van der Waals surface area contributed by atoms with Crippen molar-refractivity contribution in [2.75, 3.05) is 19.6 Å². The first-order chi connectivity index (χ1) is 11.6. The number of hydrogen-bond donors (Lipinski definition) is 0. The van der Waals surface area contributed by atoms with Gasteiger partial charge in [0, 0.05) is 19.6 Å². The summed E-state index contributed by atoms with van der Waals surface area (Å²) in [6, 6.07) is 6.55. The molecule has 2 amide bonds. The van der Waals surface area contributed by atoms with E-state index in [0.29, 0.717) is 13.1 Å². The van der Waals surface area contributed by atoms with Crippen LogP contribution < -0.4 is 0 Å². The van der Waals surface area contributed by atoms with Crippen LogP contribution in [0.5, 0.6) is 0 Å². The van der Waals surface area contributed by atoms with E-state index >= 15 is 0 Å². The molecule has 25 heavy (non-hydrogen) atoms. The smallest absolute Gasteiger partial charge is 0.230 e. The molecule has 1 atom stereocenters. The highest BCUT2D eigenvalue weighted by Crippen LogP contribution is 2.37. The molecule has 1 aromatic carbocycles. The molecule has 2 aliphatic heterocycles. The lowest BCUT2D eigenvalue weighted by atomic mass is 9.80. The van der Waals surface area contributed by atoms with Gasteiger partial charge in [-0.3, -0.25) is 9.59 Å². The number of aryl methyl sites for hydroxylation is 2. The molecule has 0 aromatic heterocycles. The number of rotatable bonds is 4. The number of likely N-dealkylation sites (tertiary alicyclic amines) is 2. The van der Waals surface area contributed by atoms with E-state index in [0.717, 1.165) is 12.1 Å². The maximum atomic E-state index is 13.1. The van der Waals surface area contributed by atoms with Crippen molar-refractivity contribution in [3.63, 3.8) is 0 Å². The van der Waals surface area contributed by atoms with Crippen molar-refractivity contribution >= 4 is 11.8 Å². The molecule has 0 N–H and O–H groups in total. The highest BCUT2D eigenvalue weighted by Gasteiger charge is 2.51. The second kappa shape index (κ2) is 6.15. The van der Waals surface area contributed by atoms with Crippen molar-refractivity contribution < 1.29 is 9.59 Å². The first kappa shape index (κ1) is 18.0. The van der Waals surface area contributed by atoms with Crippen LogP contribution >= 0.6 is 0 Å². The summed E-state index contributed by atoms with van der Waals surface area (Å²) < 4.78 is 0. The van der Waals surface area contributed by atoms with Crippen LogP contribution in [0.25, 0.3) is 0 Å². The SMILES string of the molecule is Cc1ccc(C)c(C(C(=O)N2CC(N3CC(C)(C)C3=O)C2)C(C)C)c1. The summed E-state index contributed by atoms with van der Waals surface area (Å²) in [4.78, 5) is 29.2. The van der Waals surface area contributed by atoms with E-state index in [1.165, 1.54) is 11.1 Å². The van der Waals surface area contributed by atoms with Crippen LogP contribution in [0.2, 0.25) is 0 Å². The maximum Gasteiger partial charge on any atom is 0.230 e. The number of hydrogen-bond acceptors (Lipinski definition) is 2. The zero-order chi connectivity index (χ0) is 18.5. The third-order valence-corrected chi connectivity index (χ3v) is 5.72. The van der Waals surface area contributed by atoms with E-state index < -0.39 is 0 Å². The number of benzene rings is 1. The highest BCUT2D eigenvalue weighted by atomic mass is 16.2. The van der Waals surface area contributed by atoms with Gasteiger partial charge in [-0.1, -0.05) is 37.6 Å². The van der Waals surface area contributed by atoms with Gasteiger partial charge in [0.25, 0.3) is 0 Å². The number of β-lactam (4-membered cyclic amide) rings is 1. The topological polar surface area (TPSA) is 40.6 Å². The van der Waals surface area contributed by atoms with Crippen molar-refractivity contribution in [1.29, 1.82) is 0 Å². The first-order valence-corrected chi connectivity index (χ1v) is 9.29. The Kier molecular flexibility index (Phi) is 4.42. The van der Waals surface area contributed by atoms with Crippen molar-refractivity contribution in [2.45, 2.75) is 53.5 Å². The van der Waals surface area contributed by atoms with Gasteiger partial charge < -0.3 is 9.80 Å². The average Bonchev–Trinajstić information content (AvgIpc) is 2.48. The van der Waals surface area contributed by atoms with Gasteiger partial charge >= 0.3 is 0 Å². The number of carbonyl (C=O) groups excluding carboxylic acids is 2. The molecule has 0 radical (unpaired) electrons. The van der Waals surface area contributed by atoms with Crippen LogP contribution in [0.3, 0.4) is 0 Å². The van der Waals surface area contributed by atoms with Crippen LogP contribution in [0.4, 0.5) is 0 Å². The van der Waals surface area contributed by atoms with Gasteiger partial charge in [-0.2, -0.15) is 0 Å². The predicted octanol–water partition coefficient (Wildman–Crippen LogP) is 3.12.